The van der Waals surface area contributed by atoms with Crippen LogP contribution in [0.3, 0.4) is 0 Å². The van der Waals surface area contributed by atoms with Crippen LogP contribution in [0, 0.1) is 5.41 Å². The van der Waals surface area contributed by atoms with Gasteiger partial charge in [-0.15, -0.1) is 19.0 Å². The number of hydrogen-bond acceptors (Lipinski definition) is 2. The Labute approximate surface area is 123 Å². The first-order chi connectivity index (χ1) is 8.54. The van der Waals surface area contributed by atoms with Crippen LogP contribution >= 0.6 is 24.0 Å². The lowest BCUT2D eigenvalue weighted by atomic mass is 10.2. The van der Waals surface area contributed by atoms with Crippen molar-refractivity contribution in [3.63, 3.8) is 0 Å². The van der Waals surface area contributed by atoms with Crippen LogP contribution in [0.5, 0.6) is 0 Å². The zero-order chi connectivity index (χ0) is 13.5. The molecule has 5 N–H and O–H groups in total. The van der Waals surface area contributed by atoms with Crippen molar-refractivity contribution >= 4 is 35.9 Å². The van der Waals surface area contributed by atoms with Gasteiger partial charge in [0, 0.05) is 11.6 Å². The van der Waals surface area contributed by atoms with Crippen molar-refractivity contribution in [2.24, 2.45) is 16.5 Å². The zero-order valence-electron chi connectivity index (χ0n) is 10.3. The minimum Gasteiger partial charge on any atom is -0.370 e. The molecule has 0 radical (unpaired) electrons. The second-order valence-electron chi connectivity index (χ2n) is 3.59. The van der Waals surface area contributed by atoms with Gasteiger partial charge < -0.3 is 11.5 Å². The molecule has 0 fully saturated rings. The number of benzene rings is 1. The first-order valence-corrected chi connectivity index (χ1v) is 5.69. The van der Waals surface area contributed by atoms with Gasteiger partial charge in [0.2, 0.25) is 0 Å². The van der Waals surface area contributed by atoms with Crippen molar-refractivity contribution in [3.8, 4) is 0 Å². The van der Waals surface area contributed by atoms with E-state index in [1.165, 1.54) is 4.90 Å². The van der Waals surface area contributed by atoms with Crippen molar-refractivity contribution in [1.29, 1.82) is 5.41 Å². The quantitative estimate of drug-likeness (QED) is 0.451. The number of aliphatic imine (C=N–C) groups is 1. The van der Waals surface area contributed by atoms with Crippen LogP contribution in [-0.4, -0.2) is 23.4 Å². The maximum Gasteiger partial charge on any atom is 0.198 e. The number of guanidine groups is 2. The Hall–Kier alpha value is -1.72. The summed E-state index contributed by atoms with van der Waals surface area (Å²) in [4.78, 5) is 5.54. The molecule has 0 aliphatic carbocycles. The molecule has 0 amide bonds. The Morgan fingerprint density at radius 2 is 1.95 bits per heavy atom. The van der Waals surface area contributed by atoms with Gasteiger partial charge in [0.1, 0.15) is 0 Å². The van der Waals surface area contributed by atoms with E-state index in [4.69, 9.17) is 28.5 Å². The predicted molar refractivity (Wildman–Crippen MR) is 82.8 cm³/mol. The molecule has 1 aromatic rings. The average molecular weight is 302 g/mol. The van der Waals surface area contributed by atoms with Crippen LogP contribution in [-0.2, 0) is 6.54 Å². The number of nitrogens with two attached hydrogens (primary N) is 2. The van der Waals surface area contributed by atoms with Gasteiger partial charge in [0.15, 0.2) is 11.9 Å². The molecule has 1 rings (SSSR count). The molecule has 1 aromatic carbocycles. The minimum atomic E-state index is -0.160. The molecule has 0 saturated heterocycles. The summed E-state index contributed by atoms with van der Waals surface area (Å²) in [5.41, 5.74) is 12.1. The molecule has 0 saturated carbocycles. The summed E-state index contributed by atoms with van der Waals surface area (Å²) in [6, 6.07) is 7.31. The summed E-state index contributed by atoms with van der Waals surface area (Å²) in [6.45, 7) is 4.33. The van der Waals surface area contributed by atoms with Gasteiger partial charge in [-0.3, -0.25) is 10.3 Å². The third-order valence-electron chi connectivity index (χ3n) is 2.22. The molecule has 7 heteroatoms. The van der Waals surface area contributed by atoms with Crippen molar-refractivity contribution in [3.05, 3.63) is 47.5 Å². The summed E-state index contributed by atoms with van der Waals surface area (Å²) < 4.78 is 0. The van der Waals surface area contributed by atoms with Gasteiger partial charge in [0.05, 0.1) is 6.54 Å². The van der Waals surface area contributed by atoms with Crippen molar-refractivity contribution in [2.75, 3.05) is 6.54 Å². The van der Waals surface area contributed by atoms with Crippen LogP contribution < -0.4 is 11.5 Å². The van der Waals surface area contributed by atoms with Gasteiger partial charge in [0.25, 0.3) is 0 Å². The van der Waals surface area contributed by atoms with E-state index in [0.717, 1.165) is 5.56 Å². The van der Waals surface area contributed by atoms with Crippen molar-refractivity contribution < 1.29 is 0 Å². The van der Waals surface area contributed by atoms with Gasteiger partial charge in [-0.25, -0.2) is 4.99 Å². The molecule has 0 aliphatic rings. The Morgan fingerprint density at radius 3 is 2.42 bits per heavy atom. The molecule has 0 heterocycles. The predicted octanol–water partition coefficient (Wildman–Crippen LogP) is 1.96. The molecule has 5 nitrogen and oxygen atoms in total. The Morgan fingerprint density at radius 1 is 1.37 bits per heavy atom. The summed E-state index contributed by atoms with van der Waals surface area (Å²) >= 11 is 5.78. The van der Waals surface area contributed by atoms with E-state index in [9.17, 15) is 0 Å². The van der Waals surface area contributed by atoms with E-state index in [0.29, 0.717) is 18.1 Å². The van der Waals surface area contributed by atoms with Crippen LogP contribution in [0.4, 0.5) is 0 Å². The maximum atomic E-state index is 7.37. The Balaban J connectivity index is 0.00000324. The second-order valence-corrected chi connectivity index (χ2v) is 4.02. The van der Waals surface area contributed by atoms with E-state index in [1.807, 2.05) is 12.1 Å². The first kappa shape index (κ1) is 17.3. The second kappa shape index (κ2) is 8.39. The molecule has 0 spiro atoms. The van der Waals surface area contributed by atoms with Gasteiger partial charge in [-0.2, -0.15) is 0 Å². The summed E-state index contributed by atoms with van der Waals surface area (Å²) in [6.07, 6.45) is 1.60. The van der Waals surface area contributed by atoms with Gasteiger partial charge in [-0.05, 0) is 17.7 Å². The fraction of sp³-hybridized carbons (Fsp3) is 0.167. The molecule has 19 heavy (non-hydrogen) atoms. The monoisotopic (exact) mass is 301 g/mol. The molecule has 0 atom stereocenters. The highest BCUT2D eigenvalue weighted by molar-refractivity contribution is 6.30. The third-order valence-corrected chi connectivity index (χ3v) is 2.47. The summed E-state index contributed by atoms with van der Waals surface area (Å²) in [5.74, 6) is 0.0320. The van der Waals surface area contributed by atoms with Gasteiger partial charge >= 0.3 is 0 Å². The number of nitrogens with zero attached hydrogens (tertiary/aromatic N) is 2. The van der Waals surface area contributed by atoms with E-state index in [-0.39, 0.29) is 24.3 Å². The largest absolute Gasteiger partial charge is 0.370 e. The topological polar surface area (TPSA) is 91.5 Å². The highest BCUT2D eigenvalue weighted by Gasteiger charge is 2.08. The molecule has 0 aromatic heterocycles. The van der Waals surface area contributed by atoms with Crippen molar-refractivity contribution in [1.82, 2.24) is 4.90 Å². The molecular weight excluding hydrogens is 285 g/mol. The Kier molecular flexibility index (Phi) is 7.63. The highest BCUT2D eigenvalue weighted by Crippen LogP contribution is 2.10. The zero-order valence-corrected chi connectivity index (χ0v) is 11.9. The Bertz CT molecular complexity index is 456. The number of hydrogen-bond donors (Lipinski definition) is 3. The molecular formula is C12H17Cl2N5. The number of nitrogens with one attached hydrogen (secondary N) is 1. The van der Waals surface area contributed by atoms with E-state index in [1.54, 1.807) is 18.2 Å². The highest BCUT2D eigenvalue weighted by atomic mass is 35.5. The normalized spacial score (nSPS) is 10.5. The lowest BCUT2D eigenvalue weighted by Gasteiger charge is -2.19. The fourth-order valence-electron chi connectivity index (χ4n) is 1.29. The SMILES string of the molecule is C=CCN(C(=N)N)C(N)=NCc1ccc(Cl)cc1.Cl. The van der Waals surface area contributed by atoms with Crippen molar-refractivity contribution in [2.45, 2.75) is 6.54 Å². The third kappa shape index (κ3) is 5.63. The molecule has 0 bridgehead atoms. The maximum absolute atomic E-state index is 7.37. The van der Waals surface area contributed by atoms with Crippen LogP contribution in [0.25, 0.3) is 0 Å². The lowest BCUT2D eigenvalue weighted by molar-refractivity contribution is 0.652. The lowest BCUT2D eigenvalue weighted by Crippen LogP contribution is -2.45. The van der Waals surface area contributed by atoms with E-state index >= 15 is 0 Å². The molecule has 0 unspecified atom stereocenters. The average Bonchev–Trinajstić information content (AvgIpc) is 2.34. The van der Waals surface area contributed by atoms with E-state index < -0.39 is 0 Å². The van der Waals surface area contributed by atoms with Crippen LogP contribution in [0.2, 0.25) is 5.02 Å². The smallest absolute Gasteiger partial charge is 0.198 e. The molecule has 0 aliphatic heterocycles. The molecule has 104 valence electrons. The summed E-state index contributed by atoms with van der Waals surface area (Å²) in [5, 5.41) is 8.05. The van der Waals surface area contributed by atoms with Crippen LogP contribution in [0.1, 0.15) is 5.56 Å². The number of halogens is 2. The standard InChI is InChI=1S/C12H16ClN5.ClH/c1-2-7-18(11(14)15)12(16)17-8-9-3-5-10(13)6-4-9;/h2-6H,1,7-8H2,(H3,14,15)(H2,16,17);1H. The van der Waals surface area contributed by atoms with Crippen LogP contribution in [0.15, 0.2) is 41.9 Å². The van der Waals surface area contributed by atoms with E-state index in [2.05, 4.69) is 11.6 Å². The first-order valence-electron chi connectivity index (χ1n) is 5.31. The van der Waals surface area contributed by atoms with Gasteiger partial charge in [-0.1, -0.05) is 29.8 Å². The number of rotatable bonds is 4. The fourth-order valence-corrected chi connectivity index (χ4v) is 1.42. The minimum absolute atomic E-state index is 0. The summed E-state index contributed by atoms with van der Waals surface area (Å²) in [7, 11) is 0.